The van der Waals surface area contributed by atoms with Gasteiger partial charge in [0.2, 0.25) is 0 Å². The van der Waals surface area contributed by atoms with E-state index in [9.17, 15) is 9.59 Å². The Kier molecular flexibility index (Phi) is 5.67. The van der Waals surface area contributed by atoms with Crippen LogP contribution in [0.4, 0.5) is 0 Å². The van der Waals surface area contributed by atoms with Gasteiger partial charge in [-0.1, -0.05) is 48.2 Å². The molecule has 0 unspecified atom stereocenters. The SMILES string of the molecule is COc1ccc2nc(Cn3ccc4ccc(C#CCc5ccccc5)cc4c3=O)c(=O)oc2c1. The molecule has 2 aromatic heterocycles. The molecule has 0 radical (unpaired) electrons. The largest absolute Gasteiger partial charge is 0.497 e. The predicted molar refractivity (Wildman–Crippen MR) is 131 cm³/mol. The summed E-state index contributed by atoms with van der Waals surface area (Å²) in [6.45, 7) is 0.00297. The molecule has 6 heteroatoms. The molecule has 0 aliphatic heterocycles. The van der Waals surface area contributed by atoms with Crippen molar-refractivity contribution in [2.24, 2.45) is 0 Å². The van der Waals surface area contributed by atoms with Crippen LogP contribution in [-0.4, -0.2) is 16.7 Å². The Hall–Kier alpha value is -4.63. The average molecular weight is 448 g/mol. The minimum Gasteiger partial charge on any atom is -0.497 e. The van der Waals surface area contributed by atoms with Crippen molar-refractivity contribution in [3.05, 3.63) is 117 Å². The van der Waals surface area contributed by atoms with E-state index in [0.29, 0.717) is 28.7 Å². The molecule has 0 aliphatic carbocycles. The first-order valence-electron chi connectivity index (χ1n) is 10.7. The van der Waals surface area contributed by atoms with E-state index in [0.717, 1.165) is 16.5 Å². The van der Waals surface area contributed by atoms with E-state index in [1.54, 1.807) is 30.5 Å². The van der Waals surface area contributed by atoms with Gasteiger partial charge in [0.1, 0.15) is 17.0 Å². The summed E-state index contributed by atoms with van der Waals surface area (Å²) >= 11 is 0. The number of ether oxygens (including phenoxy) is 1. The number of hydrogen-bond acceptors (Lipinski definition) is 5. The van der Waals surface area contributed by atoms with Gasteiger partial charge in [-0.25, -0.2) is 9.78 Å². The van der Waals surface area contributed by atoms with E-state index in [2.05, 4.69) is 16.8 Å². The Bertz CT molecular complexity index is 1690. The van der Waals surface area contributed by atoms with E-state index in [1.165, 1.54) is 11.7 Å². The molecule has 0 amide bonds. The highest BCUT2D eigenvalue weighted by Crippen LogP contribution is 2.18. The van der Waals surface area contributed by atoms with Crippen LogP contribution < -0.4 is 15.9 Å². The van der Waals surface area contributed by atoms with Crippen LogP contribution in [0.25, 0.3) is 21.9 Å². The first-order chi connectivity index (χ1) is 16.6. The summed E-state index contributed by atoms with van der Waals surface area (Å²) in [4.78, 5) is 30.1. The monoisotopic (exact) mass is 448 g/mol. The second-order valence-electron chi connectivity index (χ2n) is 7.80. The summed E-state index contributed by atoms with van der Waals surface area (Å²) in [6, 6.07) is 22.5. The Balaban J connectivity index is 1.46. The minimum atomic E-state index is -0.590. The van der Waals surface area contributed by atoms with Crippen LogP contribution in [0.3, 0.4) is 0 Å². The lowest BCUT2D eigenvalue weighted by atomic mass is 10.1. The molecule has 0 saturated carbocycles. The summed E-state index contributed by atoms with van der Waals surface area (Å²) in [5.41, 5.74) is 2.08. The quantitative estimate of drug-likeness (QED) is 0.386. The summed E-state index contributed by atoms with van der Waals surface area (Å²) < 4.78 is 12.0. The Morgan fingerprint density at radius 1 is 1.00 bits per heavy atom. The molecule has 166 valence electrons. The zero-order chi connectivity index (χ0) is 23.5. The number of methoxy groups -OCH3 is 1. The number of aromatic nitrogens is 2. The molecule has 0 fully saturated rings. The third-order valence-corrected chi connectivity index (χ3v) is 5.53. The molecule has 0 N–H and O–H groups in total. The van der Waals surface area contributed by atoms with Gasteiger partial charge in [-0.2, -0.15) is 0 Å². The number of pyridine rings is 1. The molecule has 0 saturated heterocycles. The van der Waals surface area contributed by atoms with Crippen LogP contribution in [-0.2, 0) is 13.0 Å². The van der Waals surface area contributed by atoms with Crippen molar-refractivity contribution in [1.82, 2.24) is 9.55 Å². The lowest BCUT2D eigenvalue weighted by Gasteiger charge is -2.08. The second kappa shape index (κ2) is 9.08. The van der Waals surface area contributed by atoms with Crippen molar-refractivity contribution in [2.45, 2.75) is 13.0 Å². The van der Waals surface area contributed by atoms with Crippen LogP contribution in [0.5, 0.6) is 5.75 Å². The van der Waals surface area contributed by atoms with Gasteiger partial charge in [0.25, 0.3) is 5.56 Å². The molecule has 2 heterocycles. The van der Waals surface area contributed by atoms with E-state index >= 15 is 0 Å². The molecule has 0 atom stereocenters. The van der Waals surface area contributed by atoms with E-state index in [4.69, 9.17) is 9.15 Å². The number of hydrogen-bond donors (Lipinski definition) is 0. The first-order valence-corrected chi connectivity index (χ1v) is 10.7. The normalized spacial score (nSPS) is 10.7. The number of rotatable bonds is 4. The molecular weight excluding hydrogens is 428 g/mol. The van der Waals surface area contributed by atoms with Crippen molar-refractivity contribution >= 4 is 21.9 Å². The number of nitrogens with zero attached hydrogens (tertiary/aromatic N) is 2. The predicted octanol–water partition coefficient (Wildman–Crippen LogP) is 4.15. The van der Waals surface area contributed by atoms with E-state index < -0.39 is 5.63 Å². The highest BCUT2D eigenvalue weighted by molar-refractivity contribution is 5.83. The molecule has 6 nitrogen and oxygen atoms in total. The zero-order valence-electron chi connectivity index (χ0n) is 18.4. The van der Waals surface area contributed by atoms with Crippen molar-refractivity contribution < 1.29 is 9.15 Å². The highest BCUT2D eigenvalue weighted by atomic mass is 16.5. The average Bonchev–Trinajstić information content (AvgIpc) is 2.86. The van der Waals surface area contributed by atoms with Crippen molar-refractivity contribution in [3.8, 4) is 17.6 Å². The maximum absolute atomic E-state index is 13.2. The van der Waals surface area contributed by atoms with Gasteiger partial charge in [-0.05, 0) is 41.3 Å². The van der Waals surface area contributed by atoms with Gasteiger partial charge in [0.05, 0.1) is 13.7 Å². The van der Waals surface area contributed by atoms with Gasteiger partial charge in [-0.15, -0.1) is 0 Å². The van der Waals surface area contributed by atoms with Crippen LogP contribution >= 0.6 is 0 Å². The number of benzene rings is 3. The molecule has 5 aromatic rings. The zero-order valence-corrected chi connectivity index (χ0v) is 18.4. The molecular formula is C28H20N2O4. The fourth-order valence-electron chi connectivity index (χ4n) is 3.73. The van der Waals surface area contributed by atoms with Crippen LogP contribution in [0.1, 0.15) is 16.8 Å². The summed E-state index contributed by atoms with van der Waals surface area (Å²) in [7, 11) is 1.54. The van der Waals surface area contributed by atoms with Crippen LogP contribution in [0.2, 0.25) is 0 Å². The van der Waals surface area contributed by atoms with Gasteiger partial charge >= 0.3 is 5.63 Å². The van der Waals surface area contributed by atoms with E-state index in [-0.39, 0.29) is 17.8 Å². The fourth-order valence-corrected chi connectivity index (χ4v) is 3.73. The van der Waals surface area contributed by atoms with E-state index in [1.807, 2.05) is 48.5 Å². The standard InChI is InChI=1S/C28H20N2O4/c1-33-22-12-13-24-26(17-22)34-28(32)25(29-24)18-30-15-14-21-11-10-20(16-23(21)27(30)31)9-5-8-19-6-3-2-4-7-19/h2-4,6-7,10-17H,8,18H2,1H3. The number of fused-ring (bicyclic) bond motifs is 2. The van der Waals surface area contributed by atoms with Gasteiger partial charge in [0, 0.05) is 29.6 Å². The lowest BCUT2D eigenvalue weighted by Crippen LogP contribution is -2.24. The fraction of sp³-hybridized carbons (Fsp3) is 0.107. The molecule has 3 aromatic carbocycles. The first kappa shape index (κ1) is 21.2. The third-order valence-electron chi connectivity index (χ3n) is 5.53. The van der Waals surface area contributed by atoms with Crippen LogP contribution in [0.15, 0.2) is 93.0 Å². The molecule has 0 aliphatic rings. The third kappa shape index (κ3) is 4.32. The molecule has 0 spiro atoms. The topological polar surface area (TPSA) is 74.3 Å². The van der Waals surface area contributed by atoms with Crippen LogP contribution in [0, 0.1) is 11.8 Å². The smallest absolute Gasteiger partial charge is 0.360 e. The van der Waals surface area contributed by atoms with Gasteiger partial charge in [-0.3, -0.25) is 4.79 Å². The maximum Gasteiger partial charge on any atom is 0.360 e. The lowest BCUT2D eigenvalue weighted by molar-refractivity contribution is 0.413. The molecule has 0 bridgehead atoms. The molecule has 5 rings (SSSR count). The van der Waals surface area contributed by atoms with Gasteiger partial charge < -0.3 is 13.7 Å². The maximum atomic E-state index is 13.2. The summed E-state index contributed by atoms with van der Waals surface area (Å²) in [5.74, 6) is 6.86. The van der Waals surface area contributed by atoms with Crippen molar-refractivity contribution in [2.75, 3.05) is 7.11 Å². The Labute approximate surface area is 195 Å². The summed E-state index contributed by atoms with van der Waals surface area (Å²) in [5, 5.41) is 1.34. The molecule has 34 heavy (non-hydrogen) atoms. The van der Waals surface area contributed by atoms with Crippen molar-refractivity contribution in [1.29, 1.82) is 0 Å². The second-order valence-corrected chi connectivity index (χ2v) is 7.80. The van der Waals surface area contributed by atoms with Crippen molar-refractivity contribution in [3.63, 3.8) is 0 Å². The Morgan fingerprint density at radius 3 is 2.68 bits per heavy atom. The highest BCUT2D eigenvalue weighted by Gasteiger charge is 2.11. The Morgan fingerprint density at radius 2 is 1.85 bits per heavy atom. The minimum absolute atomic E-state index is 0.00297. The van der Waals surface area contributed by atoms with Gasteiger partial charge in [0.15, 0.2) is 5.58 Å². The summed E-state index contributed by atoms with van der Waals surface area (Å²) in [6.07, 6.45) is 2.29.